The van der Waals surface area contributed by atoms with Crippen LogP contribution >= 0.6 is 0 Å². The van der Waals surface area contributed by atoms with Gasteiger partial charge in [0.15, 0.2) is 0 Å². The van der Waals surface area contributed by atoms with Crippen molar-refractivity contribution >= 4 is 10.9 Å². The van der Waals surface area contributed by atoms with Gasteiger partial charge in [-0.15, -0.1) is 0 Å². The zero-order valence-corrected chi connectivity index (χ0v) is 10.7. The summed E-state index contributed by atoms with van der Waals surface area (Å²) < 4.78 is 16.4. The molecule has 0 fully saturated rings. The third-order valence-corrected chi connectivity index (χ3v) is 3.36. The maximum absolute atomic E-state index is 13.0. The van der Waals surface area contributed by atoms with Crippen LogP contribution in [-0.4, -0.2) is 9.13 Å². The van der Waals surface area contributed by atoms with E-state index in [1.165, 1.54) is 12.1 Å². The molecule has 0 spiro atoms. The molecule has 0 amide bonds. The van der Waals surface area contributed by atoms with Gasteiger partial charge in [0.05, 0.1) is 0 Å². The van der Waals surface area contributed by atoms with Gasteiger partial charge in [0.25, 0.3) is 5.56 Å². The van der Waals surface area contributed by atoms with Crippen molar-refractivity contribution in [1.29, 1.82) is 0 Å². The number of nitrogens with zero attached hydrogens (tertiary/aromatic N) is 2. The van der Waals surface area contributed by atoms with Gasteiger partial charge in [-0.05, 0) is 23.8 Å². The molecule has 96 valence electrons. The number of benzene rings is 1. The van der Waals surface area contributed by atoms with Gasteiger partial charge >= 0.3 is 0 Å². The van der Waals surface area contributed by atoms with Gasteiger partial charge in [0.2, 0.25) is 0 Å². The maximum Gasteiger partial charge on any atom is 0.274 e. The van der Waals surface area contributed by atoms with E-state index in [2.05, 4.69) is 0 Å². The first-order valence-corrected chi connectivity index (χ1v) is 5.98. The van der Waals surface area contributed by atoms with E-state index in [-0.39, 0.29) is 11.4 Å². The van der Waals surface area contributed by atoms with Gasteiger partial charge in [-0.2, -0.15) is 0 Å². The highest BCUT2D eigenvalue weighted by molar-refractivity contribution is 5.94. The van der Waals surface area contributed by atoms with Crippen molar-refractivity contribution < 1.29 is 4.39 Å². The monoisotopic (exact) mass is 256 g/mol. The zero-order chi connectivity index (χ0) is 13.6. The number of rotatable bonds is 1. The van der Waals surface area contributed by atoms with Crippen LogP contribution in [0.5, 0.6) is 0 Å². The van der Waals surface area contributed by atoms with E-state index in [9.17, 15) is 9.18 Å². The molecule has 0 bridgehead atoms. The third kappa shape index (κ3) is 1.76. The molecule has 0 saturated carbocycles. The smallest absolute Gasteiger partial charge is 0.274 e. The lowest BCUT2D eigenvalue weighted by atomic mass is 10.0. The van der Waals surface area contributed by atoms with Crippen molar-refractivity contribution in [1.82, 2.24) is 9.13 Å². The molecule has 4 heteroatoms. The fourth-order valence-electron chi connectivity index (χ4n) is 2.36. The van der Waals surface area contributed by atoms with Gasteiger partial charge in [0, 0.05) is 37.4 Å². The van der Waals surface area contributed by atoms with E-state index in [0.29, 0.717) is 5.52 Å². The van der Waals surface area contributed by atoms with Crippen molar-refractivity contribution in [3.05, 3.63) is 58.9 Å². The Balaban J connectivity index is 2.39. The molecule has 3 nitrogen and oxygen atoms in total. The van der Waals surface area contributed by atoms with E-state index in [0.717, 1.165) is 16.5 Å². The van der Waals surface area contributed by atoms with Crippen molar-refractivity contribution in [3.8, 4) is 11.1 Å². The summed E-state index contributed by atoms with van der Waals surface area (Å²) in [4.78, 5) is 12.1. The van der Waals surface area contributed by atoms with E-state index in [4.69, 9.17) is 0 Å². The van der Waals surface area contributed by atoms with Crippen LogP contribution in [-0.2, 0) is 14.1 Å². The summed E-state index contributed by atoms with van der Waals surface area (Å²) in [5, 5.41) is 0.886. The van der Waals surface area contributed by atoms with Gasteiger partial charge in [-0.3, -0.25) is 4.79 Å². The Kier molecular flexibility index (Phi) is 2.52. The quantitative estimate of drug-likeness (QED) is 0.657. The predicted molar refractivity (Wildman–Crippen MR) is 73.6 cm³/mol. The highest BCUT2D eigenvalue weighted by Crippen LogP contribution is 2.27. The summed E-state index contributed by atoms with van der Waals surface area (Å²) in [5.41, 5.74) is 2.45. The topological polar surface area (TPSA) is 26.9 Å². The number of hydrogen-bond acceptors (Lipinski definition) is 1. The molecule has 3 aromatic rings. The summed E-state index contributed by atoms with van der Waals surface area (Å²) >= 11 is 0. The second-order valence-electron chi connectivity index (χ2n) is 4.65. The normalized spacial score (nSPS) is 11.1. The Labute approximate surface area is 109 Å². The SMILES string of the molecule is Cn1cc(-c2ccc(F)cc2)c2ccn(C)c2c1=O. The maximum atomic E-state index is 13.0. The second-order valence-corrected chi connectivity index (χ2v) is 4.65. The molecule has 0 N–H and O–H groups in total. The lowest BCUT2D eigenvalue weighted by Crippen LogP contribution is -2.18. The summed E-state index contributed by atoms with van der Waals surface area (Å²) in [6.07, 6.45) is 3.65. The number of fused-ring (bicyclic) bond motifs is 1. The van der Waals surface area contributed by atoms with Crippen LogP contribution in [0.4, 0.5) is 4.39 Å². The lowest BCUT2D eigenvalue weighted by molar-refractivity contribution is 0.628. The largest absolute Gasteiger partial charge is 0.346 e. The second kappa shape index (κ2) is 4.09. The molecule has 0 radical (unpaired) electrons. The first kappa shape index (κ1) is 11.7. The van der Waals surface area contributed by atoms with E-state index in [1.807, 2.05) is 23.9 Å². The van der Waals surface area contributed by atoms with Crippen LogP contribution in [0.15, 0.2) is 47.5 Å². The van der Waals surface area contributed by atoms with Crippen molar-refractivity contribution in [3.63, 3.8) is 0 Å². The van der Waals surface area contributed by atoms with Crippen molar-refractivity contribution in [2.75, 3.05) is 0 Å². The van der Waals surface area contributed by atoms with E-state index in [1.54, 1.807) is 29.9 Å². The highest BCUT2D eigenvalue weighted by atomic mass is 19.1. The van der Waals surface area contributed by atoms with Gasteiger partial charge < -0.3 is 9.13 Å². The van der Waals surface area contributed by atoms with Gasteiger partial charge in [0.1, 0.15) is 11.3 Å². The minimum atomic E-state index is -0.266. The van der Waals surface area contributed by atoms with Crippen LogP contribution in [0.3, 0.4) is 0 Å². The van der Waals surface area contributed by atoms with Crippen molar-refractivity contribution in [2.24, 2.45) is 14.1 Å². The Hall–Kier alpha value is -2.36. The number of aryl methyl sites for hydroxylation is 2. The molecule has 0 aliphatic carbocycles. The summed E-state index contributed by atoms with van der Waals surface area (Å²) in [5.74, 6) is -0.266. The first-order valence-electron chi connectivity index (χ1n) is 5.98. The van der Waals surface area contributed by atoms with E-state index < -0.39 is 0 Å². The zero-order valence-electron chi connectivity index (χ0n) is 10.7. The minimum absolute atomic E-state index is 0.0339. The number of pyridine rings is 1. The third-order valence-electron chi connectivity index (χ3n) is 3.36. The Morgan fingerprint density at radius 3 is 2.37 bits per heavy atom. The molecule has 19 heavy (non-hydrogen) atoms. The number of aromatic nitrogens is 2. The Morgan fingerprint density at radius 1 is 1.00 bits per heavy atom. The molecule has 2 heterocycles. The van der Waals surface area contributed by atoms with Crippen molar-refractivity contribution in [2.45, 2.75) is 0 Å². The van der Waals surface area contributed by atoms with E-state index >= 15 is 0 Å². The molecule has 0 atom stereocenters. The fourth-order valence-corrected chi connectivity index (χ4v) is 2.36. The number of halogens is 1. The van der Waals surface area contributed by atoms with Gasteiger partial charge in [-0.1, -0.05) is 12.1 Å². The van der Waals surface area contributed by atoms with Crippen LogP contribution in [0.2, 0.25) is 0 Å². The first-order chi connectivity index (χ1) is 9.08. The molecule has 1 aromatic carbocycles. The molecule has 2 aromatic heterocycles. The Morgan fingerprint density at radius 2 is 1.68 bits per heavy atom. The van der Waals surface area contributed by atoms with Crippen LogP contribution < -0.4 is 5.56 Å². The van der Waals surface area contributed by atoms with Crippen LogP contribution in [0.25, 0.3) is 22.0 Å². The van der Waals surface area contributed by atoms with Crippen LogP contribution in [0, 0.1) is 5.82 Å². The molecule has 3 rings (SSSR count). The average Bonchev–Trinajstić information content (AvgIpc) is 2.77. The molecule has 0 saturated heterocycles. The number of hydrogen-bond donors (Lipinski definition) is 0. The molecular formula is C15H13FN2O. The standard InChI is InChI=1S/C15H13FN2O/c1-17-8-7-12-13(9-18(2)15(19)14(12)17)10-3-5-11(16)6-4-10/h3-9H,1-2H3. The minimum Gasteiger partial charge on any atom is -0.346 e. The summed E-state index contributed by atoms with van der Waals surface area (Å²) in [7, 11) is 3.57. The Bertz CT molecular complexity index is 813. The molecular weight excluding hydrogens is 243 g/mol. The lowest BCUT2D eigenvalue weighted by Gasteiger charge is -2.08. The fraction of sp³-hybridized carbons (Fsp3) is 0.133. The van der Waals surface area contributed by atoms with Gasteiger partial charge in [-0.25, -0.2) is 4.39 Å². The molecule has 0 aliphatic heterocycles. The molecule has 0 aliphatic rings. The van der Waals surface area contributed by atoms with Crippen LogP contribution in [0.1, 0.15) is 0 Å². The highest BCUT2D eigenvalue weighted by Gasteiger charge is 2.11. The summed E-state index contributed by atoms with van der Waals surface area (Å²) in [6.45, 7) is 0. The predicted octanol–water partition coefficient (Wildman–Crippen LogP) is 2.68. The molecule has 0 unspecified atom stereocenters. The average molecular weight is 256 g/mol. The summed E-state index contributed by atoms with van der Waals surface area (Å²) in [6, 6.07) is 8.21.